The van der Waals surface area contributed by atoms with E-state index in [1.54, 1.807) is 42.1 Å². The lowest BCUT2D eigenvalue weighted by Crippen LogP contribution is -2.31. The van der Waals surface area contributed by atoms with E-state index in [0.717, 1.165) is 5.56 Å². The molecule has 1 aliphatic rings. The van der Waals surface area contributed by atoms with Crippen LogP contribution in [0.15, 0.2) is 48.8 Å². The van der Waals surface area contributed by atoms with Gasteiger partial charge in [0.15, 0.2) is 0 Å². The molecule has 1 amide bonds. The smallest absolute Gasteiger partial charge is 0.317 e. The molecule has 1 heterocycles. The van der Waals surface area contributed by atoms with E-state index in [9.17, 15) is 9.59 Å². The van der Waals surface area contributed by atoms with Gasteiger partial charge in [-0.3, -0.25) is 19.8 Å². The van der Waals surface area contributed by atoms with Crippen LogP contribution in [-0.2, 0) is 26.3 Å². The topological polar surface area (TPSA) is 97.8 Å². The van der Waals surface area contributed by atoms with Gasteiger partial charge in [-0.15, -0.1) is 0 Å². The second-order valence-electron chi connectivity index (χ2n) is 5.87. The zero-order chi connectivity index (χ0) is 17.9. The zero-order valence-electron chi connectivity index (χ0n) is 13.6. The van der Waals surface area contributed by atoms with Crippen molar-refractivity contribution < 1.29 is 24.3 Å². The first-order valence-corrected chi connectivity index (χ1v) is 7.76. The molecular formula is C18H18N2O5. The Balaban J connectivity index is 1.82. The van der Waals surface area contributed by atoms with Crippen LogP contribution in [0.1, 0.15) is 17.5 Å². The van der Waals surface area contributed by atoms with E-state index >= 15 is 0 Å². The standard InChI is InChI=1S/C18H18N2O5/c1-24-17(22)18(9-15(18)16(21)20-23)13-5-2-6-14(8-13)25-11-12-4-3-7-19-10-12/h2-8,10,15,23H,9,11H2,1H3,(H,20,21)/t15-,18-/m0/s1. The molecule has 130 valence electrons. The van der Waals surface area contributed by atoms with E-state index in [0.29, 0.717) is 17.9 Å². The number of ether oxygens (including phenoxy) is 2. The van der Waals surface area contributed by atoms with Gasteiger partial charge in [0.05, 0.1) is 13.0 Å². The van der Waals surface area contributed by atoms with Crippen LogP contribution in [0.4, 0.5) is 0 Å². The number of carbonyl (C=O) groups is 2. The van der Waals surface area contributed by atoms with Gasteiger partial charge in [-0.1, -0.05) is 18.2 Å². The van der Waals surface area contributed by atoms with Crippen molar-refractivity contribution in [2.45, 2.75) is 18.4 Å². The van der Waals surface area contributed by atoms with Crippen molar-refractivity contribution in [2.24, 2.45) is 5.92 Å². The van der Waals surface area contributed by atoms with Gasteiger partial charge in [0, 0.05) is 18.0 Å². The van der Waals surface area contributed by atoms with E-state index < -0.39 is 23.2 Å². The Bertz CT molecular complexity index is 780. The Hall–Kier alpha value is -2.93. The number of benzene rings is 1. The second kappa shape index (κ2) is 6.90. The highest BCUT2D eigenvalue weighted by Crippen LogP contribution is 2.55. The predicted octanol–water partition coefficient (Wildman–Crippen LogP) is 1.60. The average Bonchev–Trinajstić information content (AvgIpc) is 3.43. The highest BCUT2D eigenvalue weighted by atomic mass is 16.5. The van der Waals surface area contributed by atoms with E-state index in [1.165, 1.54) is 7.11 Å². The molecule has 0 aliphatic heterocycles. The number of hydroxylamine groups is 1. The fraction of sp³-hybridized carbons (Fsp3) is 0.278. The van der Waals surface area contributed by atoms with Crippen LogP contribution in [-0.4, -0.2) is 29.2 Å². The fourth-order valence-corrected chi connectivity index (χ4v) is 3.02. The van der Waals surface area contributed by atoms with Gasteiger partial charge in [0.25, 0.3) is 0 Å². The zero-order valence-corrected chi connectivity index (χ0v) is 13.6. The number of hydrogen-bond donors (Lipinski definition) is 2. The van der Waals surface area contributed by atoms with Crippen LogP contribution in [0.2, 0.25) is 0 Å². The molecule has 1 saturated carbocycles. The van der Waals surface area contributed by atoms with Gasteiger partial charge >= 0.3 is 5.97 Å². The molecule has 1 aromatic carbocycles. The molecule has 7 nitrogen and oxygen atoms in total. The highest BCUT2D eigenvalue weighted by molar-refractivity contribution is 5.97. The Morgan fingerprint density at radius 2 is 2.20 bits per heavy atom. The predicted molar refractivity (Wildman–Crippen MR) is 86.7 cm³/mol. The molecule has 2 atom stereocenters. The van der Waals surface area contributed by atoms with E-state index in [4.69, 9.17) is 14.7 Å². The Morgan fingerprint density at radius 1 is 1.36 bits per heavy atom. The molecular weight excluding hydrogens is 324 g/mol. The molecule has 0 spiro atoms. The summed E-state index contributed by atoms with van der Waals surface area (Å²) in [6.45, 7) is 0.336. The lowest BCUT2D eigenvalue weighted by molar-refractivity contribution is -0.146. The van der Waals surface area contributed by atoms with Gasteiger partial charge in [-0.2, -0.15) is 0 Å². The summed E-state index contributed by atoms with van der Waals surface area (Å²) in [5, 5.41) is 8.86. The number of amides is 1. The van der Waals surface area contributed by atoms with Crippen LogP contribution in [0.25, 0.3) is 0 Å². The van der Waals surface area contributed by atoms with E-state index in [-0.39, 0.29) is 6.42 Å². The van der Waals surface area contributed by atoms with Gasteiger partial charge in [0.1, 0.15) is 17.8 Å². The van der Waals surface area contributed by atoms with Crippen LogP contribution in [0.5, 0.6) is 5.75 Å². The molecule has 0 radical (unpaired) electrons. The molecule has 3 rings (SSSR count). The van der Waals surface area contributed by atoms with Crippen LogP contribution >= 0.6 is 0 Å². The van der Waals surface area contributed by atoms with Crippen molar-refractivity contribution in [1.29, 1.82) is 0 Å². The highest BCUT2D eigenvalue weighted by Gasteiger charge is 2.65. The number of rotatable bonds is 6. The van der Waals surface area contributed by atoms with Crippen molar-refractivity contribution >= 4 is 11.9 Å². The van der Waals surface area contributed by atoms with Crippen LogP contribution < -0.4 is 10.2 Å². The summed E-state index contributed by atoms with van der Waals surface area (Å²) in [5.41, 5.74) is 2.06. The van der Waals surface area contributed by atoms with Gasteiger partial charge in [-0.05, 0) is 30.2 Å². The third-order valence-corrected chi connectivity index (χ3v) is 4.41. The van der Waals surface area contributed by atoms with Gasteiger partial charge in [-0.25, -0.2) is 5.48 Å². The summed E-state index contributed by atoms with van der Waals surface area (Å²) < 4.78 is 10.6. The molecule has 1 aliphatic carbocycles. The van der Waals surface area contributed by atoms with Crippen molar-refractivity contribution in [3.63, 3.8) is 0 Å². The number of aromatic nitrogens is 1. The second-order valence-corrected chi connectivity index (χ2v) is 5.87. The number of nitrogens with one attached hydrogen (secondary N) is 1. The Morgan fingerprint density at radius 3 is 2.88 bits per heavy atom. The summed E-state index contributed by atoms with van der Waals surface area (Å²) in [7, 11) is 1.28. The number of carbonyl (C=O) groups excluding carboxylic acids is 2. The third kappa shape index (κ3) is 3.18. The summed E-state index contributed by atoms with van der Waals surface area (Å²) in [6, 6.07) is 10.7. The normalized spacial score (nSPS) is 21.3. The number of pyridine rings is 1. The van der Waals surface area contributed by atoms with Crippen molar-refractivity contribution in [2.75, 3.05) is 7.11 Å². The molecule has 1 fully saturated rings. The Kier molecular flexibility index (Phi) is 4.67. The minimum Gasteiger partial charge on any atom is -0.489 e. The first kappa shape index (κ1) is 16.9. The van der Waals surface area contributed by atoms with Crippen molar-refractivity contribution in [3.05, 3.63) is 59.9 Å². The van der Waals surface area contributed by atoms with E-state index in [2.05, 4.69) is 4.98 Å². The first-order chi connectivity index (χ1) is 12.1. The largest absolute Gasteiger partial charge is 0.489 e. The number of methoxy groups -OCH3 is 1. The van der Waals surface area contributed by atoms with E-state index in [1.807, 2.05) is 12.1 Å². The maximum atomic E-state index is 12.3. The van der Waals surface area contributed by atoms with Gasteiger partial charge in [0.2, 0.25) is 5.91 Å². The lowest BCUT2D eigenvalue weighted by atomic mass is 9.92. The first-order valence-electron chi connectivity index (χ1n) is 7.76. The quantitative estimate of drug-likeness (QED) is 0.470. The SMILES string of the molecule is COC(=O)[C@]1(c2cccc(OCc3cccnc3)c2)C[C@H]1C(=O)NO. The summed E-state index contributed by atoms with van der Waals surface area (Å²) in [4.78, 5) is 28.1. The minimum atomic E-state index is -1.09. The summed E-state index contributed by atoms with van der Waals surface area (Å²) in [6.07, 6.45) is 3.67. The van der Waals surface area contributed by atoms with Crippen molar-refractivity contribution in [3.8, 4) is 5.75 Å². The number of nitrogens with zero attached hydrogens (tertiary/aromatic N) is 1. The van der Waals surface area contributed by atoms with Crippen LogP contribution in [0, 0.1) is 5.92 Å². The molecule has 2 N–H and O–H groups in total. The number of hydrogen-bond acceptors (Lipinski definition) is 6. The van der Waals surface area contributed by atoms with Crippen LogP contribution in [0.3, 0.4) is 0 Å². The molecule has 2 aromatic rings. The van der Waals surface area contributed by atoms with Gasteiger partial charge < -0.3 is 9.47 Å². The molecule has 0 saturated heterocycles. The maximum absolute atomic E-state index is 12.3. The monoisotopic (exact) mass is 342 g/mol. The molecule has 7 heteroatoms. The summed E-state index contributed by atoms with van der Waals surface area (Å²) >= 11 is 0. The molecule has 0 bridgehead atoms. The molecule has 0 unspecified atom stereocenters. The molecule has 1 aromatic heterocycles. The lowest BCUT2D eigenvalue weighted by Gasteiger charge is -2.16. The van der Waals surface area contributed by atoms with Crippen molar-refractivity contribution in [1.82, 2.24) is 10.5 Å². The maximum Gasteiger partial charge on any atom is 0.317 e. The molecule has 25 heavy (non-hydrogen) atoms. The number of esters is 1. The fourth-order valence-electron chi connectivity index (χ4n) is 3.02. The third-order valence-electron chi connectivity index (χ3n) is 4.41. The summed E-state index contributed by atoms with van der Waals surface area (Å²) in [5.74, 6) is -1.21. The Labute approximate surface area is 144 Å². The minimum absolute atomic E-state index is 0.276. The average molecular weight is 342 g/mol.